The topological polar surface area (TPSA) is 81.1 Å². The fourth-order valence-electron chi connectivity index (χ4n) is 1.21. The van der Waals surface area contributed by atoms with Gasteiger partial charge < -0.3 is 15.5 Å². The molecule has 0 radical (unpaired) electrons. The molecule has 2 aromatic rings. The molecule has 0 saturated carbocycles. The van der Waals surface area contributed by atoms with E-state index in [1.54, 1.807) is 36.6 Å². The number of nitrogens with two attached hydrogens (primary N) is 1. The highest BCUT2D eigenvalue weighted by molar-refractivity contribution is 6.01. The van der Waals surface area contributed by atoms with Crippen molar-refractivity contribution in [1.82, 2.24) is 4.98 Å². The molecule has 0 spiro atoms. The number of nitrogens with zero attached hydrogens (tertiary/aromatic N) is 1. The van der Waals surface area contributed by atoms with Crippen molar-refractivity contribution in [1.29, 1.82) is 0 Å². The van der Waals surface area contributed by atoms with E-state index in [4.69, 9.17) is 10.2 Å². The molecule has 5 heteroatoms. The van der Waals surface area contributed by atoms with Crippen molar-refractivity contribution in [3.8, 4) is 0 Å². The van der Waals surface area contributed by atoms with Crippen molar-refractivity contribution in [2.24, 2.45) is 0 Å². The molecule has 2 aromatic heterocycles. The van der Waals surface area contributed by atoms with E-state index in [0.717, 1.165) is 0 Å². The fourth-order valence-corrected chi connectivity index (χ4v) is 1.21. The summed E-state index contributed by atoms with van der Waals surface area (Å²) in [5.74, 6) is 0.776. The summed E-state index contributed by atoms with van der Waals surface area (Å²) in [6, 6.07) is 6.81. The first-order valence-corrected chi connectivity index (χ1v) is 4.98. The first-order valence-electron chi connectivity index (χ1n) is 4.98. The minimum atomic E-state index is -0.257. The van der Waals surface area contributed by atoms with Gasteiger partial charge in [-0.3, -0.25) is 4.79 Å². The maximum atomic E-state index is 11.5. The third-order valence-electron chi connectivity index (χ3n) is 2.00. The van der Waals surface area contributed by atoms with Gasteiger partial charge in [-0.05, 0) is 30.3 Å². The number of carbonyl (C=O) groups is 1. The number of amides is 1. The summed E-state index contributed by atoms with van der Waals surface area (Å²) >= 11 is 0. The number of pyridine rings is 1. The van der Waals surface area contributed by atoms with Gasteiger partial charge in [0.2, 0.25) is 5.91 Å². The molecular weight excluding hydrogens is 218 g/mol. The highest BCUT2D eigenvalue weighted by Crippen LogP contribution is 2.07. The summed E-state index contributed by atoms with van der Waals surface area (Å²) < 4.78 is 5.05. The fraction of sp³-hybridized carbons (Fsp3) is 0. The first-order chi connectivity index (χ1) is 8.24. The monoisotopic (exact) mass is 229 g/mol. The molecule has 0 atom stereocenters. The van der Waals surface area contributed by atoms with Gasteiger partial charge in [-0.15, -0.1) is 0 Å². The number of rotatable bonds is 3. The molecule has 0 aliphatic heterocycles. The molecule has 0 aliphatic carbocycles. The van der Waals surface area contributed by atoms with Crippen LogP contribution >= 0.6 is 0 Å². The van der Waals surface area contributed by atoms with Crippen molar-refractivity contribution < 1.29 is 9.21 Å². The van der Waals surface area contributed by atoms with Crippen molar-refractivity contribution in [2.75, 3.05) is 11.1 Å². The summed E-state index contributed by atoms with van der Waals surface area (Å²) in [4.78, 5) is 15.4. The molecule has 3 N–H and O–H groups in total. The zero-order valence-electron chi connectivity index (χ0n) is 8.96. The van der Waals surface area contributed by atoms with Gasteiger partial charge in [0.25, 0.3) is 0 Å². The normalized spacial score (nSPS) is 10.6. The van der Waals surface area contributed by atoms with Gasteiger partial charge >= 0.3 is 0 Å². The first kappa shape index (κ1) is 10.9. The number of carbonyl (C=O) groups excluding carboxylic acids is 1. The third-order valence-corrected chi connectivity index (χ3v) is 2.00. The number of hydrogen-bond donors (Lipinski definition) is 2. The average molecular weight is 229 g/mol. The average Bonchev–Trinajstić information content (AvgIpc) is 2.83. The second-order valence-corrected chi connectivity index (χ2v) is 3.31. The van der Waals surface area contributed by atoms with Crippen molar-refractivity contribution in [3.05, 3.63) is 48.6 Å². The quantitative estimate of drug-likeness (QED) is 0.788. The van der Waals surface area contributed by atoms with E-state index in [0.29, 0.717) is 17.3 Å². The van der Waals surface area contributed by atoms with Crippen LogP contribution in [0.15, 0.2) is 47.2 Å². The van der Waals surface area contributed by atoms with Crippen molar-refractivity contribution in [2.45, 2.75) is 0 Å². The Kier molecular flexibility index (Phi) is 3.20. The molecule has 0 unspecified atom stereocenters. The SMILES string of the molecule is Nc1ccc(NC(=O)C=Cc2ccco2)cn1. The lowest BCUT2D eigenvalue weighted by molar-refractivity contribution is -0.111. The lowest BCUT2D eigenvalue weighted by Crippen LogP contribution is -2.08. The summed E-state index contributed by atoms with van der Waals surface area (Å²) in [6.07, 6.45) is 6.00. The Hall–Kier alpha value is -2.56. The Morgan fingerprint density at radius 3 is 2.94 bits per heavy atom. The van der Waals surface area contributed by atoms with E-state index >= 15 is 0 Å². The number of furan rings is 1. The minimum absolute atomic E-state index is 0.257. The zero-order chi connectivity index (χ0) is 12.1. The standard InChI is InChI=1S/C12H11N3O2/c13-11-5-3-9(8-14-11)15-12(16)6-4-10-2-1-7-17-10/h1-8H,(H2,13,14)(H,15,16). The summed E-state index contributed by atoms with van der Waals surface area (Å²) in [6.45, 7) is 0. The number of hydrogen-bond acceptors (Lipinski definition) is 4. The largest absolute Gasteiger partial charge is 0.465 e. The Bertz CT molecular complexity index is 515. The molecule has 1 amide bonds. The summed E-state index contributed by atoms with van der Waals surface area (Å²) in [7, 11) is 0. The second kappa shape index (κ2) is 4.98. The van der Waals surface area contributed by atoms with Crippen LogP contribution in [-0.2, 0) is 4.79 Å². The molecular formula is C12H11N3O2. The van der Waals surface area contributed by atoms with Crippen LogP contribution in [0.2, 0.25) is 0 Å². The van der Waals surface area contributed by atoms with Gasteiger partial charge in [0.1, 0.15) is 11.6 Å². The predicted octanol–water partition coefficient (Wildman–Crippen LogP) is 1.91. The van der Waals surface area contributed by atoms with E-state index in [1.807, 2.05) is 0 Å². The molecule has 86 valence electrons. The third kappa shape index (κ3) is 3.20. The highest BCUT2D eigenvalue weighted by atomic mass is 16.3. The van der Waals surface area contributed by atoms with Crippen LogP contribution in [0.1, 0.15) is 5.76 Å². The number of nitrogen functional groups attached to an aromatic ring is 1. The number of nitrogens with one attached hydrogen (secondary N) is 1. The number of anilines is 2. The molecule has 2 rings (SSSR count). The van der Waals surface area contributed by atoms with E-state index in [-0.39, 0.29) is 5.91 Å². The van der Waals surface area contributed by atoms with Gasteiger partial charge in [-0.1, -0.05) is 0 Å². The van der Waals surface area contributed by atoms with Gasteiger partial charge in [0.05, 0.1) is 18.1 Å². The van der Waals surface area contributed by atoms with Crippen LogP contribution < -0.4 is 11.1 Å². The van der Waals surface area contributed by atoms with Gasteiger partial charge in [-0.25, -0.2) is 4.98 Å². The van der Waals surface area contributed by atoms with Crippen LogP contribution in [0.3, 0.4) is 0 Å². The van der Waals surface area contributed by atoms with E-state index < -0.39 is 0 Å². The van der Waals surface area contributed by atoms with Crippen LogP contribution in [-0.4, -0.2) is 10.9 Å². The zero-order valence-corrected chi connectivity index (χ0v) is 8.96. The van der Waals surface area contributed by atoms with Crippen molar-refractivity contribution >= 4 is 23.5 Å². The van der Waals surface area contributed by atoms with Crippen molar-refractivity contribution in [3.63, 3.8) is 0 Å². The maximum absolute atomic E-state index is 11.5. The Labute approximate surface area is 98.0 Å². The van der Waals surface area contributed by atoms with Crippen LogP contribution in [0.4, 0.5) is 11.5 Å². The van der Waals surface area contributed by atoms with Gasteiger partial charge in [-0.2, -0.15) is 0 Å². The smallest absolute Gasteiger partial charge is 0.248 e. The Morgan fingerprint density at radius 1 is 1.41 bits per heavy atom. The summed E-state index contributed by atoms with van der Waals surface area (Å²) in [5.41, 5.74) is 6.02. The molecule has 17 heavy (non-hydrogen) atoms. The highest BCUT2D eigenvalue weighted by Gasteiger charge is 1.98. The van der Waals surface area contributed by atoms with Crippen LogP contribution in [0.5, 0.6) is 0 Å². The van der Waals surface area contributed by atoms with Crippen LogP contribution in [0.25, 0.3) is 6.08 Å². The molecule has 5 nitrogen and oxygen atoms in total. The molecule has 0 saturated heterocycles. The number of aromatic nitrogens is 1. The van der Waals surface area contributed by atoms with E-state index in [9.17, 15) is 4.79 Å². The molecule has 0 aromatic carbocycles. The Balaban J connectivity index is 1.95. The second-order valence-electron chi connectivity index (χ2n) is 3.31. The lowest BCUT2D eigenvalue weighted by atomic mass is 10.3. The van der Waals surface area contributed by atoms with Crippen LogP contribution in [0, 0.1) is 0 Å². The summed E-state index contributed by atoms with van der Waals surface area (Å²) in [5, 5.41) is 2.65. The van der Waals surface area contributed by atoms with E-state index in [2.05, 4.69) is 10.3 Å². The predicted molar refractivity (Wildman–Crippen MR) is 65.0 cm³/mol. The van der Waals surface area contributed by atoms with Gasteiger partial charge in [0.15, 0.2) is 0 Å². The minimum Gasteiger partial charge on any atom is -0.465 e. The maximum Gasteiger partial charge on any atom is 0.248 e. The molecule has 0 bridgehead atoms. The lowest BCUT2D eigenvalue weighted by Gasteiger charge is -2.00. The Morgan fingerprint density at radius 2 is 2.29 bits per heavy atom. The molecule has 2 heterocycles. The molecule has 0 fully saturated rings. The van der Waals surface area contributed by atoms with Gasteiger partial charge in [0, 0.05) is 6.08 Å². The van der Waals surface area contributed by atoms with E-state index in [1.165, 1.54) is 12.3 Å². The molecule has 0 aliphatic rings.